The van der Waals surface area contributed by atoms with Crippen molar-refractivity contribution in [2.75, 3.05) is 0 Å². The fourth-order valence-electron chi connectivity index (χ4n) is 8.50. The molecule has 0 amide bonds. The van der Waals surface area contributed by atoms with E-state index >= 15 is 0 Å². The second kappa shape index (κ2) is 11.7. The van der Waals surface area contributed by atoms with Gasteiger partial charge in [0, 0.05) is 33.2 Å². The molecule has 2 heterocycles. The van der Waals surface area contributed by atoms with Gasteiger partial charge in [-0.05, 0) is 98.8 Å². The van der Waals surface area contributed by atoms with Crippen molar-refractivity contribution in [3.8, 4) is 39.9 Å². The van der Waals surface area contributed by atoms with E-state index in [1.165, 1.54) is 56.5 Å². The molecule has 53 heavy (non-hydrogen) atoms. The van der Waals surface area contributed by atoms with E-state index in [2.05, 4.69) is 160 Å². The number of hydrogen-bond donors (Lipinski definition) is 0. The lowest BCUT2D eigenvalue weighted by atomic mass is 9.63. The average molecular weight is 685 g/mol. The van der Waals surface area contributed by atoms with Crippen LogP contribution in [0.2, 0.25) is 0 Å². The van der Waals surface area contributed by atoms with Gasteiger partial charge in [-0.2, -0.15) is 0 Å². The van der Waals surface area contributed by atoms with Crippen LogP contribution < -0.4 is 0 Å². The van der Waals surface area contributed by atoms with Crippen molar-refractivity contribution in [1.82, 2.24) is 19.5 Å². The van der Waals surface area contributed by atoms with E-state index in [9.17, 15) is 0 Å². The lowest BCUT2D eigenvalue weighted by Crippen LogP contribution is -2.33. The largest absolute Gasteiger partial charge is 0.309 e. The SMILES string of the molecule is CC1(C)CCC(C)(C)c2cc3c(cc21)c1ccccc1n3-c1ccc2cc(-c3nc(-c4ccccc4)nc(-c4ccc5ccccc5c4)n3)ccc2c1. The van der Waals surface area contributed by atoms with Gasteiger partial charge in [0.2, 0.25) is 0 Å². The number of hydrogen-bond acceptors (Lipinski definition) is 3. The van der Waals surface area contributed by atoms with Crippen molar-refractivity contribution in [1.29, 1.82) is 0 Å². The van der Waals surface area contributed by atoms with Gasteiger partial charge in [0.05, 0.1) is 11.0 Å². The van der Waals surface area contributed by atoms with E-state index in [0.29, 0.717) is 17.5 Å². The second-order valence-electron chi connectivity index (χ2n) is 16.0. The summed E-state index contributed by atoms with van der Waals surface area (Å²) >= 11 is 0. The molecule has 0 spiro atoms. The fourth-order valence-corrected chi connectivity index (χ4v) is 8.50. The summed E-state index contributed by atoms with van der Waals surface area (Å²) in [6.07, 6.45) is 2.39. The van der Waals surface area contributed by atoms with E-state index in [4.69, 9.17) is 15.0 Å². The lowest BCUT2D eigenvalue weighted by molar-refractivity contribution is 0.332. The van der Waals surface area contributed by atoms with Gasteiger partial charge >= 0.3 is 0 Å². The molecule has 1 aliphatic rings. The van der Waals surface area contributed by atoms with Crippen LogP contribution in [-0.4, -0.2) is 19.5 Å². The first-order chi connectivity index (χ1) is 25.7. The fraction of sp³-hybridized carbons (Fsp3) is 0.163. The summed E-state index contributed by atoms with van der Waals surface area (Å²) in [7, 11) is 0. The van der Waals surface area contributed by atoms with Crippen LogP contribution in [-0.2, 0) is 10.8 Å². The number of rotatable bonds is 4. The van der Waals surface area contributed by atoms with Crippen LogP contribution >= 0.6 is 0 Å². The highest BCUT2D eigenvalue weighted by atomic mass is 15.0. The molecule has 0 saturated heterocycles. The van der Waals surface area contributed by atoms with Gasteiger partial charge in [0.15, 0.2) is 17.5 Å². The van der Waals surface area contributed by atoms with Gasteiger partial charge in [-0.1, -0.05) is 131 Å². The van der Waals surface area contributed by atoms with Gasteiger partial charge in [-0.3, -0.25) is 0 Å². The molecule has 0 fully saturated rings. The van der Waals surface area contributed by atoms with Gasteiger partial charge in [0.25, 0.3) is 0 Å². The van der Waals surface area contributed by atoms with Crippen molar-refractivity contribution >= 4 is 43.4 Å². The molecule has 0 unspecified atom stereocenters. The van der Waals surface area contributed by atoms with Crippen molar-refractivity contribution in [2.45, 2.75) is 51.4 Å². The quantitative estimate of drug-likeness (QED) is 0.185. The van der Waals surface area contributed by atoms with Gasteiger partial charge < -0.3 is 4.57 Å². The first-order valence-electron chi connectivity index (χ1n) is 18.7. The van der Waals surface area contributed by atoms with E-state index in [1.54, 1.807) is 0 Å². The maximum absolute atomic E-state index is 5.07. The Hall–Kier alpha value is -6.13. The van der Waals surface area contributed by atoms with Crippen LogP contribution in [0.5, 0.6) is 0 Å². The minimum Gasteiger partial charge on any atom is -0.309 e. The second-order valence-corrected chi connectivity index (χ2v) is 16.0. The molecule has 9 aromatic rings. The van der Waals surface area contributed by atoms with Gasteiger partial charge in [-0.15, -0.1) is 0 Å². The molecule has 0 saturated carbocycles. The summed E-state index contributed by atoms with van der Waals surface area (Å²) in [5.41, 5.74) is 9.80. The van der Waals surface area contributed by atoms with Crippen molar-refractivity contribution < 1.29 is 0 Å². The Morgan fingerprint density at radius 3 is 1.66 bits per heavy atom. The molecule has 1 aliphatic carbocycles. The summed E-state index contributed by atoms with van der Waals surface area (Å²) in [6, 6.07) is 52.2. The molecule has 0 bridgehead atoms. The first-order valence-corrected chi connectivity index (χ1v) is 18.7. The maximum Gasteiger partial charge on any atom is 0.164 e. The van der Waals surface area contributed by atoms with Crippen molar-refractivity contribution in [2.24, 2.45) is 0 Å². The monoisotopic (exact) mass is 684 g/mol. The third-order valence-corrected chi connectivity index (χ3v) is 11.7. The Balaban J connectivity index is 1.11. The van der Waals surface area contributed by atoms with Crippen LogP contribution in [0.3, 0.4) is 0 Å². The Bertz CT molecular complexity index is 2900. The van der Waals surface area contributed by atoms with E-state index in [1.807, 2.05) is 18.2 Å². The number of aromatic nitrogens is 4. The molecule has 4 nitrogen and oxygen atoms in total. The molecule has 0 aliphatic heterocycles. The molecule has 0 N–H and O–H groups in total. The smallest absolute Gasteiger partial charge is 0.164 e. The Morgan fingerprint density at radius 2 is 0.943 bits per heavy atom. The molecule has 10 rings (SSSR count). The zero-order valence-electron chi connectivity index (χ0n) is 30.6. The predicted octanol–water partition coefficient (Wildman–Crippen LogP) is 12.6. The summed E-state index contributed by atoms with van der Waals surface area (Å²) in [5.74, 6) is 1.98. The molecule has 0 atom stereocenters. The highest BCUT2D eigenvalue weighted by Crippen LogP contribution is 2.48. The Morgan fingerprint density at radius 1 is 0.415 bits per heavy atom. The molecule has 0 radical (unpaired) electrons. The summed E-state index contributed by atoms with van der Waals surface area (Å²) in [4.78, 5) is 15.1. The minimum absolute atomic E-state index is 0.129. The zero-order valence-corrected chi connectivity index (χ0v) is 30.6. The van der Waals surface area contributed by atoms with Crippen LogP contribution in [0.25, 0.3) is 83.2 Å². The van der Waals surface area contributed by atoms with Crippen molar-refractivity contribution in [3.63, 3.8) is 0 Å². The molecule has 2 aromatic heterocycles. The van der Waals surface area contributed by atoms with Crippen LogP contribution in [0, 0.1) is 0 Å². The first kappa shape index (κ1) is 31.6. The van der Waals surface area contributed by atoms with E-state index in [-0.39, 0.29) is 10.8 Å². The predicted molar refractivity (Wildman–Crippen MR) is 221 cm³/mol. The third-order valence-electron chi connectivity index (χ3n) is 11.7. The molecule has 256 valence electrons. The number of benzene rings is 7. The summed E-state index contributed by atoms with van der Waals surface area (Å²) < 4.78 is 2.46. The zero-order chi connectivity index (χ0) is 35.9. The van der Waals surface area contributed by atoms with Crippen LogP contribution in [0.4, 0.5) is 0 Å². The lowest BCUT2D eigenvalue weighted by Gasteiger charge is -2.42. The maximum atomic E-state index is 5.07. The highest BCUT2D eigenvalue weighted by Gasteiger charge is 2.37. The van der Waals surface area contributed by atoms with Crippen molar-refractivity contribution in [3.05, 3.63) is 157 Å². The van der Waals surface area contributed by atoms with Crippen LogP contribution in [0.1, 0.15) is 51.7 Å². The number of nitrogens with zero attached hydrogens (tertiary/aromatic N) is 4. The van der Waals surface area contributed by atoms with E-state index < -0.39 is 0 Å². The highest BCUT2D eigenvalue weighted by molar-refractivity contribution is 6.10. The number of para-hydroxylation sites is 1. The normalized spacial score (nSPS) is 14.9. The molecular formula is C49H40N4. The summed E-state index contributed by atoms with van der Waals surface area (Å²) in [6.45, 7) is 9.64. The molecular weight excluding hydrogens is 645 g/mol. The summed E-state index contributed by atoms with van der Waals surface area (Å²) in [5, 5.41) is 7.28. The van der Waals surface area contributed by atoms with Gasteiger partial charge in [-0.25, -0.2) is 15.0 Å². The average Bonchev–Trinajstić information content (AvgIpc) is 3.52. The van der Waals surface area contributed by atoms with Crippen LogP contribution in [0.15, 0.2) is 146 Å². The standard InChI is InChI=1S/C49H40N4/c1-48(2)24-25-49(3,4)42-30-44-40(29-41(42)48)39-16-10-11-17-43(39)53(44)38-23-22-34-27-37(21-19-35(34)28-38)47-51-45(32-13-6-5-7-14-32)50-46(52-47)36-20-18-31-12-8-9-15-33(31)26-36/h5-23,26-30H,24-25H2,1-4H3. The Kier molecular flexibility index (Phi) is 6.97. The topological polar surface area (TPSA) is 43.6 Å². The molecule has 7 aromatic carbocycles. The third kappa shape index (κ3) is 5.23. The van der Waals surface area contributed by atoms with E-state index in [0.717, 1.165) is 33.2 Å². The Labute approximate surface area is 309 Å². The molecule has 4 heteroatoms. The minimum atomic E-state index is 0.129. The number of fused-ring (bicyclic) bond motifs is 6. The van der Waals surface area contributed by atoms with Gasteiger partial charge in [0.1, 0.15) is 0 Å².